The van der Waals surface area contributed by atoms with Crippen LogP contribution in [-0.2, 0) is 14.8 Å². The summed E-state index contributed by atoms with van der Waals surface area (Å²) in [4.78, 5) is 11.5. The minimum Gasteiger partial charge on any atom is -0.279 e. The SMILES string of the molecule is Cc1ccc(S(=O)(=O)N2CCC[C@H]2C(=O)Cl)cc1. The van der Waals surface area contributed by atoms with E-state index in [0.29, 0.717) is 19.4 Å². The van der Waals surface area contributed by atoms with E-state index in [4.69, 9.17) is 11.6 Å². The van der Waals surface area contributed by atoms with Crippen molar-refractivity contribution in [3.63, 3.8) is 0 Å². The number of sulfonamides is 1. The van der Waals surface area contributed by atoms with Crippen molar-refractivity contribution in [3.8, 4) is 0 Å². The molecule has 6 heteroatoms. The molecule has 0 aliphatic carbocycles. The zero-order valence-corrected chi connectivity index (χ0v) is 11.5. The quantitative estimate of drug-likeness (QED) is 0.798. The summed E-state index contributed by atoms with van der Waals surface area (Å²) in [6.45, 7) is 2.23. The first-order valence-electron chi connectivity index (χ1n) is 5.71. The van der Waals surface area contributed by atoms with E-state index < -0.39 is 21.3 Å². The number of aryl methyl sites for hydroxylation is 1. The molecule has 0 aromatic heterocycles. The Bertz CT molecular complexity index is 553. The molecular weight excluding hydrogens is 274 g/mol. The highest BCUT2D eigenvalue weighted by Gasteiger charge is 2.38. The molecule has 4 nitrogen and oxygen atoms in total. The summed E-state index contributed by atoms with van der Waals surface area (Å²) < 4.78 is 26.0. The molecule has 1 aliphatic heterocycles. The summed E-state index contributed by atoms with van der Waals surface area (Å²) in [5.41, 5.74) is 0.986. The monoisotopic (exact) mass is 287 g/mol. The van der Waals surface area contributed by atoms with Gasteiger partial charge in [-0.05, 0) is 43.5 Å². The van der Waals surface area contributed by atoms with Crippen molar-refractivity contribution >= 4 is 26.9 Å². The summed E-state index contributed by atoms with van der Waals surface area (Å²) in [5, 5.41) is -0.608. The average molecular weight is 288 g/mol. The fourth-order valence-corrected chi connectivity index (χ4v) is 4.04. The molecule has 1 aromatic rings. The van der Waals surface area contributed by atoms with Gasteiger partial charge in [-0.1, -0.05) is 17.7 Å². The molecule has 0 saturated carbocycles. The van der Waals surface area contributed by atoms with Crippen molar-refractivity contribution in [2.45, 2.75) is 30.7 Å². The van der Waals surface area contributed by atoms with Crippen LogP contribution in [0.3, 0.4) is 0 Å². The lowest BCUT2D eigenvalue weighted by Gasteiger charge is -2.21. The molecule has 0 N–H and O–H groups in total. The topological polar surface area (TPSA) is 54.5 Å². The van der Waals surface area contributed by atoms with E-state index in [-0.39, 0.29) is 4.90 Å². The van der Waals surface area contributed by atoms with Crippen LogP contribution in [0.5, 0.6) is 0 Å². The number of halogens is 1. The number of hydrogen-bond acceptors (Lipinski definition) is 3. The summed E-state index contributed by atoms with van der Waals surface area (Å²) in [7, 11) is -3.62. The van der Waals surface area contributed by atoms with Crippen molar-refractivity contribution in [2.24, 2.45) is 0 Å². The second-order valence-electron chi connectivity index (χ2n) is 4.39. The molecule has 0 bridgehead atoms. The highest BCUT2D eigenvalue weighted by atomic mass is 35.5. The van der Waals surface area contributed by atoms with Crippen LogP contribution in [0.25, 0.3) is 0 Å². The Labute approximate surface area is 112 Å². The van der Waals surface area contributed by atoms with E-state index in [0.717, 1.165) is 5.56 Å². The van der Waals surface area contributed by atoms with Crippen LogP contribution in [0.4, 0.5) is 0 Å². The second-order valence-corrected chi connectivity index (χ2v) is 6.65. The molecule has 1 heterocycles. The average Bonchev–Trinajstić information content (AvgIpc) is 2.79. The Morgan fingerprint density at radius 1 is 1.33 bits per heavy atom. The van der Waals surface area contributed by atoms with Gasteiger partial charge in [0.05, 0.1) is 10.9 Å². The van der Waals surface area contributed by atoms with Gasteiger partial charge in [0.15, 0.2) is 0 Å². The lowest BCUT2D eigenvalue weighted by molar-refractivity contribution is -0.114. The lowest BCUT2D eigenvalue weighted by atomic mass is 10.2. The van der Waals surface area contributed by atoms with Crippen molar-refractivity contribution in [1.82, 2.24) is 4.31 Å². The van der Waals surface area contributed by atoms with Gasteiger partial charge < -0.3 is 0 Å². The summed E-state index contributed by atoms with van der Waals surface area (Å²) >= 11 is 5.45. The van der Waals surface area contributed by atoms with Gasteiger partial charge in [0.2, 0.25) is 15.3 Å². The Hall–Kier alpha value is -0.910. The normalized spacial score (nSPS) is 21.1. The van der Waals surface area contributed by atoms with Gasteiger partial charge >= 0.3 is 0 Å². The first-order valence-corrected chi connectivity index (χ1v) is 7.52. The third-order valence-electron chi connectivity index (χ3n) is 3.09. The summed E-state index contributed by atoms with van der Waals surface area (Å²) in [6.07, 6.45) is 1.15. The summed E-state index contributed by atoms with van der Waals surface area (Å²) in [6, 6.07) is 5.86. The smallest absolute Gasteiger partial charge is 0.243 e. The molecular formula is C12H14ClNO3S. The number of rotatable bonds is 3. The Morgan fingerprint density at radius 2 is 1.94 bits per heavy atom. The number of nitrogens with zero attached hydrogens (tertiary/aromatic N) is 1. The molecule has 18 heavy (non-hydrogen) atoms. The molecule has 1 saturated heterocycles. The van der Waals surface area contributed by atoms with Gasteiger partial charge in [-0.2, -0.15) is 4.31 Å². The van der Waals surface area contributed by atoms with E-state index in [1.807, 2.05) is 6.92 Å². The van der Waals surface area contributed by atoms with Gasteiger partial charge in [-0.15, -0.1) is 0 Å². The maximum atomic E-state index is 12.4. The van der Waals surface area contributed by atoms with Gasteiger partial charge in [0.25, 0.3) is 0 Å². The predicted octanol–water partition coefficient (Wildman–Crippen LogP) is 1.91. The number of hydrogen-bond donors (Lipinski definition) is 0. The molecule has 0 unspecified atom stereocenters. The fourth-order valence-electron chi connectivity index (χ4n) is 2.10. The molecule has 98 valence electrons. The van der Waals surface area contributed by atoms with E-state index in [9.17, 15) is 13.2 Å². The van der Waals surface area contributed by atoms with Gasteiger partial charge in [-0.3, -0.25) is 4.79 Å². The third-order valence-corrected chi connectivity index (χ3v) is 5.27. The largest absolute Gasteiger partial charge is 0.279 e. The Kier molecular flexibility index (Phi) is 3.75. The zero-order chi connectivity index (χ0) is 13.3. The minimum absolute atomic E-state index is 0.206. The van der Waals surface area contributed by atoms with Crippen LogP contribution in [0.2, 0.25) is 0 Å². The zero-order valence-electron chi connectivity index (χ0n) is 9.97. The van der Waals surface area contributed by atoms with Gasteiger partial charge in [0, 0.05) is 6.54 Å². The van der Waals surface area contributed by atoms with Crippen LogP contribution in [0.1, 0.15) is 18.4 Å². The van der Waals surface area contributed by atoms with Crippen LogP contribution >= 0.6 is 11.6 Å². The van der Waals surface area contributed by atoms with Crippen LogP contribution in [0, 0.1) is 6.92 Å². The maximum Gasteiger partial charge on any atom is 0.243 e. The number of benzene rings is 1. The van der Waals surface area contributed by atoms with Crippen LogP contribution in [-0.4, -0.2) is 30.6 Å². The fraction of sp³-hybridized carbons (Fsp3) is 0.417. The molecule has 1 aromatic carbocycles. The van der Waals surface area contributed by atoms with Gasteiger partial charge in [-0.25, -0.2) is 8.42 Å². The maximum absolute atomic E-state index is 12.4. The first-order chi connectivity index (χ1) is 8.43. The second kappa shape index (κ2) is 4.99. The first kappa shape index (κ1) is 13.5. The Balaban J connectivity index is 2.36. The highest BCUT2D eigenvalue weighted by Crippen LogP contribution is 2.27. The number of carbonyl (C=O) groups is 1. The van der Waals surface area contributed by atoms with E-state index >= 15 is 0 Å². The highest BCUT2D eigenvalue weighted by molar-refractivity contribution is 7.89. The predicted molar refractivity (Wildman–Crippen MR) is 69.0 cm³/mol. The van der Waals surface area contributed by atoms with Crippen LogP contribution in [0.15, 0.2) is 29.2 Å². The van der Waals surface area contributed by atoms with Crippen LogP contribution < -0.4 is 0 Å². The molecule has 1 aliphatic rings. The molecule has 0 amide bonds. The van der Waals surface area contributed by atoms with E-state index in [1.165, 1.54) is 4.31 Å². The molecule has 0 radical (unpaired) electrons. The summed E-state index contributed by atoms with van der Waals surface area (Å²) in [5.74, 6) is 0. The lowest BCUT2D eigenvalue weighted by Crippen LogP contribution is -2.38. The third kappa shape index (κ3) is 2.43. The molecule has 1 fully saturated rings. The Morgan fingerprint density at radius 3 is 2.50 bits per heavy atom. The minimum atomic E-state index is -3.62. The van der Waals surface area contributed by atoms with Crippen molar-refractivity contribution in [3.05, 3.63) is 29.8 Å². The van der Waals surface area contributed by atoms with E-state index in [2.05, 4.69) is 0 Å². The number of carbonyl (C=O) groups excluding carboxylic acids is 1. The van der Waals surface area contributed by atoms with E-state index in [1.54, 1.807) is 24.3 Å². The molecule has 1 atom stereocenters. The molecule has 0 spiro atoms. The van der Waals surface area contributed by atoms with Crippen molar-refractivity contribution in [2.75, 3.05) is 6.54 Å². The van der Waals surface area contributed by atoms with Crippen molar-refractivity contribution in [1.29, 1.82) is 0 Å². The standard InChI is InChI=1S/C12H14ClNO3S/c1-9-4-6-10(7-5-9)18(16,17)14-8-2-3-11(14)12(13)15/h4-7,11H,2-3,8H2,1H3/t11-/m0/s1. The molecule has 2 rings (SSSR count). The van der Waals surface area contributed by atoms with Crippen molar-refractivity contribution < 1.29 is 13.2 Å². The van der Waals surface area contributed by atoms with Gasteiger partial charge in [0.1, 0.15) is 0 Å².